The van der Waals surface area contributed by atoms with Gasteiger partial charge in [-0.05, 0) is 12.8 Å². The molecule has 1 rings (SSSR count). The Morgan fingerprint density at radius 3 is 1.31 bits per heavy atom. The van der Waals surface area contributed by atoms with Gasteiger partial charge in [0.25, 0.3) is 0 Å². The van der Waals surface area contributed by atoms with Gasteiger partial charge in [-0.2, -0.15) is 0 Å². The zero-order valence-electron chi connectivity index (χ0n) is 9.00. The second kappa shape index (κ2) is 10.0. The molecule has 0 unspecified atom stereocenters. The number of aliphatic hydroxyl groups is 2. The predicted molar refractivity (Wildman–Crippen MR) is 60.6 cm³/mol. The third-order valence-corrected chi connectivity index (χ3v) is 1.77. The van der Waals surface area contributed by atoms with Crippen molar-refractivity contribution in [2.24, 2.45) is 0 Å². The largest absolute Gasteiger partial charge is 0.396 e. The normalized spacial score (nSPS) is 8.88. The average Bonchev–Trinajstić information content (AvgIpc) is 2.37. The van der Waals surface area contributed by atoms with E-state index < -0.39 is 0 Å². The smallest absolute Gasteiger partial charge is 0.150 e. The van der Waals surface area contributed by atoms with Gasteiger partial charge < -0.3 is 10.2 Å². The van der Waals surface area contributed by atoms with E-state index in [0.717, 1.165) is 25.4 Å². The molecule has 1 aromatic rings. The third-order valence-electron chi connectivity index (χ3n) is 1.77. The van der Waals surface area contributed by atoms with Crippen LogP contribution in [0.4, 0.5) is 0 Å². The van der Waals surface area contributed by atoms with Crippen LogP contribution in [0, 0.1) is 0 Å². The van der Waals surface area contributed by atoms with Crippen molar-refractivity contribution >= 4 is 12.6 Å². The summed E-state index contributed by atoms with van der Waals surface area (Å²) in [6, 6.07) is 6.43. The highest BCUT2D eigenvalue weighted by molar-refractivity contribution is 5.79. The molecule has 88 valence electrons. The molecule has 0 aliphatic rings. The van der Waals surface area contributed by atoms with Crippen LogP contribution >= 0.6 is 0 Å². The molecule has 0 fully saturated rings. The average molecular weight is 224 g/mol. The van der Waals surface area contributed by atoms with Crippen LogP contribution in [0.5, 0.6) is 0 Å². The molecule has 0 saturated carbocycles. The number of carbonyl (C=O) groups excluding carboxylic acids is 2. The van der Waals surface area contributed by atoms with E-state index in [-0.39, 0.29) is 13.2 Å². The zero-order chi connectivity index (χ0) is 12.2. The Morgan fingerprint density at radius 1 is 0.812 bits per heavy atom. The first-order chi connectivity index (χ1) is 7.78. The van der Waals surface area contributed by atoms with Crippen molar-refractivity contribution < 1.29 is 19.8 Å². The van der Waals surface area contributed by atoms with Gasteiger partial charge in [0, 0.05) is 24.3 Å². The van der Waals surface area contributed by atoms with Crippen molar-refractivity contribution in [3.8, 4) is 0 Å². The minimum atomic E-state index is 0.195. The van der Waals surface area contributed by atoms with Gasteiger partial charge in [-0.1, -0.05) is 24.3 Å². The van der Waals surface area contributed by atoms with Gasteiger partial charge in [0.1, 0.15) is 12.6 Å². The Balaban J connectivity index is 0.000000325. The molecule has 0 radical (unpaired) electrons. The summed E-state index contributed by atoms with van der Waals surface area (Å²) in [5, 5.41) is 16.2. The molecule has 0 aliphatic heterocycles. The Labute approximate surface area is 94.5 Å². The van der Waals surface area contributed by atoms with Gasteiger partial charge in [-0.15, -0.1) is 0 Å². The highest BCUT2D eigenvalue weighted by atomic mass is 16.3. The Hall–Kier alpha value is -1.52. The van der Waals surface area contributed by atoms with Crippen molar-refractivity contribution in [3.05, 3.63) is 35.4 Å². The van der Waals surface area contributed by atoms with Crippen LogP contribution in [-0.4, -0.2) is 36.0 Å². The fourth-order valence-electron chi connectivity index (χ4n) is 0.877. The van der Waals surface area contributed by atoms with Crippen molar-refractivity contribution in [1.29, 1.82) is 0 Å². The Morgan fingerprint density at radius 2 is 1.12 bits per heavy atom. The number of hydrogen-bond acceptors (Lipinski definition) is 4. The highest BCUT2D eigenvalue weighted by Gasteiger charge is 1.88. The molecule has 1 aromatic carbocycles. The molecule has 4 nitrogen and oxygen atoms in total. The molecule has 0 amide bonds. The van der Waals surface area contributed by atoms with Crippen LogP contribution in [0.3, 0.4) is 0 Å². The van der Waals surface area contributed by atoms with Crippen molar-refractivity contribution in [1.82, 2.24) is 0 Å². The van der Waals surface area contributed by atoms with E-state index in [4.69, 9.17) is 10.2 Å². The van der Waals surface area contributed by atoms with Crippen LogP contribution in [0.25, 0.3) is 0 Å². The standard InChI is InChI=1S/C8H6O2.C4H10O2/c9-5-7-1-2-8(6-10)4-3-7;5-3-1-2-4-6/h1-6H;5-6H,1-4H2. The molecule has 0 saturated heterocycles. The number of rotatable bonds is 5. The van der Waals surface area contributed by atoms with Gasteiger partial charge in [0.2, 0.25) is 0 Å². The van der Waals surface area contributed by atoms with Gasteiger partial charge in [0.15, 0.2) is 0 Å². The highest BCUT2D eigenvalue weighted by Crippen LogP contribution is 1.98. The quantitative estimate of drug-likeness (QED) is 0.579. The molecular weight excluding hydrogens is 208 g/mol. The summed E-state index contributed by atoms with van der Waals surface area (Å²) in [6.45, 7) is 0.390. The third kappa shape index (κ3) is 6.86. The summed E-state index contributed by atoms with van der Waals surface area (Å²) in [7, 11) is 0. The topological polar surface area (TPSA) is 74.6 Å². The van der Waals surface area contributed by atoms with Crippen LogP contribution in [0.15, 0.2) is 24.3 Å². The molecule has 0 bridgehead atoms. The summed E-state index contributed by atoms with van der Waals surface area (Å²) in [4.78, 5) is 20.2. The number of aldehydes is 2. The Kier molecular flexibility index (Phi) is 9.06. The molecular formula is C12H16O4. The van der Waals surface area contributed by atoms with E-state index in [1.165, 1.54) is 0 Å². The molecule has 4 heteroatoms. The molecule has 0 aromatic heterocycles. The van der Waals surface area contributed by atoms with Crippen LogP contribution < -0.4 is 0 Å². The summed E-state index contributed by atoms with van der Waals surface area (Å²) in [5.41, 5.74) is 1.18. The van der Waals surface area contributed by atoms with Crippen molar-refractivity contribution in [2.75, 3.05) is 13.2 Å². The second-order valence-electron chi connectivity index (χ2n) is 3.06. The van der Waals surface area contributed by atoms with Crippen LogP contribution in [-0.2, 0) is 0 Å². The fraction of sp³-hybridized carbons (Fsp3) is 0.333. The Bertz CT molecular complexity index is 261. The lowest BCUT2D eigenvalue weighted by molar-refractivity contribution is 0.111. The SMILES string of the molecule is O=Cc1ccc(C=O)cc1.OCCCCO. The van der Waals surface area contributed by atoms with E-state index in [1.807, 2.05) is 0 Å². The van der Waals surface area contributed by atoms with E-state index >= 15 is 0 Å². The lowest BCUT2D eigenvalue weighted by atomic mass is 10.2. The van der Waals surface area contributed by atoms with Gasteiger partial charge >= 0.3 is 0 Å². The molecule has 16 heavy (non-hydrogen) atoms. The van der Waals surface area contributed by atoms with E-state index in [0.29, 0.717) is 11.1 Å². The maximum absolute atomic E-state index is 10.1. The minimum Gasteiger partial charge on any atom is -0.396 e. The van der Waals surface area contributed by atoms with E-state index in [2.05, 4.69) is 0 Å². The number of unbranched alkanes of at least 4 members (excludes halogenated alkanes) is 1. The van der Waals surface area contributed by atoms with Gasteiger partial charge in [-0.3, -0.25) is 9.59 Å². The first-order valence-electron chi connectivity index (χ1n) is 5.00. The lowest BCUT2D eigenvalue weighted by Gasteiger charge is -1.88. The van der Waals surface area contributed by atoms with E-state index in [1.54, 1.807) is 24.3 Å². The monoisotopic (exact) mass is 224 g/mol. The van der Waals surface area contributed by atoms with Gasteiger partial charge in [-0.25, -0.2) is 0 Å². The zero-order valence-corrected chi connectivity index (χ0v) is 9.00. The molecule has 0 heterocycles. The number of hydrogen-bond donors (Lipinski definition) is 2. The number of carbonyl (C=O) groups is 2. The fourth-order valence-corrected chi connectivity index (χ4v) is 0.877. The summed E-state index contributed by atoms with van der Waals surface area (Å²) < 4.78 is 0. The molecule has 0 aliphatic carbocycles. The summed E-state index contributed by atoms with van der Waals surface area (Å²) >= 11 is 0. The summed E-state index contributed by atoms with van der Waals surface area (Å²) in [6.07, 6.45) is 2.93. The van der Waals surface area contributed by atoms with Crippen molar-refractivity contribution in [2.45, 2.75) is 12.8 Å². The van der Waals surface area contributed by atoms with Crippen LogP contribution in [0.2, 0.25) is 0 Å². The second-order valence-corrected chi connectivity index (χ2v) is 3.06. The molecule has 0 spiro atoms. The minimum absolute atomic E-state index is 0.195. The van der Waals surface area contributed by atoms with Crippen LogP contribution in [0.1, 0.15) is 33.6 Å². The number of benzene rings is 1. The lowest BCUT2D eigenvalue weighted by Crippen LogP contribution is -1.85. The first kappa shape index (κ1) is 14.5. The van der Waals surface area contributed by atoms with Crippen molar-refractivity contribution in [3.63, 3.8) is 0 Å². The molecule has 0 atom stereocenters. The molecule has 2 N–H and O–H groups in total. The maximum atomic E-state index is 10.1. The maximum Gasteiger partial charge on any atom is 0.150 e. The predicted octanol–water partition coefficient (Wildman–Crippen LogP) is 1.06. The first-order valence-corrected chi connectivity index (χ1v) is 5.00. The number of aliphatic hydroxyl groups excluding tert-OH is 2. The van der Waals surface area contributed by atoms with E-state index in [9.17, 15) is 9.59 Å². The summed E-state index contributed by atoms with van der Waals surface area (Å²) in [5.74, 6) is 0. The van der Waals surface area contributed by atoms with Gasteiger partial charge in [0.05, 0.1) is 0 Å².